The third-order valence-electron chi connectivity index (χ3n) is 5.40. The van der Waals surface area contributed by atoms with Gasteiger partial charge in [-0.25, -0.2) is 0 Å². The van der Waals surface area contributed by atoms with E-state index in [2.05, 4.69) is 103 Å². The van der Waals surface area contributed by atoms with Crippen LogP contribution in [0.3, 0.4) is 0 Å². The van der Waals surface area contributed by atoms with Crippen LogP contribution in [0.15, 0.2) is 97.1 Å². The van der Waals surface area contributed by atoms with Crippen LogP contribution in [0, 0.1) is 5.92 Å². The van der Waals surface area contributed by atoms with E-state index in [4.69, 9.17) is 0 Å². The van der Waals surface area contributed by atoms with E-state index in [1.807, 2.05) is 0 Å². The molecule has 0 fully saturated rings. The van der Waals surface area contributed by atoms with Crippen molar-refractivity contribution in [3.05, 3.63) is 119 Å². The average molecular weight is 495 g/mol. The van der Waals surface area contributed by atoms with Gasteiger partial charge in [0, 0.05) is 5.92 Å². The van der Waals surface area contributed by atoms with Crippen LogP contribution in [-0.4, -0.2) is 0 Å². The van der Waals surface area contributed by atoms with E-state index in [9.17, 15) is 0 Å². The molecule has 0 amide bonds. The molecular formula is C26H20Cl2Zr. The van der Waals surface area contributed by atoms with Crippen molar-refractivity contribution in [3.8, 4) is 11.1 Å². The monoisotopic (exact) mass is 492 g/mol. The van der Waals surface area contributed by atoms with Gasteiger partial charge in [0.2, 0.25) is 0 Å². The van der Waals surface area contributed by atoms with Gasteiger partial charge in [-0.15, -0.1) is 0 Å². The Labute approximate surface area is 203 Å². The number of allylic oxidation sites excluding steroid dienone is 4. The molecule has 1 atom stereocenters. The molecule has 0 nitrogen and oxygen atoms in total. The Morgan fingerprint density at radius 3 is 1.93 bits per heavy atom. The van der Waals surface area contributed by atoms with Crippen LogP contribution < -0.4 is 35.3 Å². The van der Waals surface area contributed by atoms with E-state index in [1.54, 1.807) is 0 Å². The van der Waals surface area contributed by atoms with Gasteiger partial charge in [0.15, 0.2) is 0 Å². The molecule has 0 saturated carbocycles. The van der Waals surface area contributed by atoms with Crippen molar-refractivity contribution >= 4 is 11.6 Å². The van der Waals surface area contributed by atoms with Gasteiger partial charge in [0.25, 0.3) is 0 Å². The van der Waals surface area contributed by atoms with E-state index >= 15 is 0 Å². The zero-order valence-electron chi connectivity index (χ0n) is 15.9. The summed E-state index contributed by atoms with van der Waals surface area (Å²) in [4.78, 5) is 0. The number of rotatable bonds is 0. The van der Waals surface area contributed by atoms with E-state index in [1.165, 1.54) is 38.3 Å². The molecule has 0 aliphatic heterocycles. The molecule has 3 aromatic rings. The first-order valence-electron chi connectivity index (χ1n) is 9.22. The maximum atomic E-state index is 2.32. The van der Waals surface area contributed by atoms with Crippen LogP contribution in [0.4, 0.5) is 0 Å². The van der Waals surface area contributed by atoms with Gasteiger partial charge >= 0.3 is 26.2 Å². The third kappa shape index (κ3) is 4.59. The van der Waals surface area contributed by atoms with Gasteiger partial charge in [-0.2, -0.15) is 0 Å². The number of halogens is 2. The molecule has 3 aliphatic rings. The summed E-state index contributed by atoms with van der Waals surface area (Å²) in [7, 11) is 0. The fraction of sp³-hybridized carbons (Fsp3) is 0.0769. The van der Waals surface area contributed by atoms with Crippen molar-refractivity contribution in [2.24, 2.45) is 5.92 Å². The minimum absolute atomic E-state index is 0. The average Bonchev–Trinajstić information content (AvgIpc) is 3.27. The fourth-order valence-electron chi connectivity index (χ4n) is 4.15. The molecular weight excluding hydrogens is 474 g/mol. The molecule has 0 aromatic heterocycles. The first kappa shape index (κ1) is 23.6. The Kier molecular flexibility index (Phi) is 8.47. The largest absolute Gasteiger partial charge is 2.00 e. The molecule has 0 saturated heterocycles. The third-order valence-corrected chi connectivity index (χ3v) is 5.40. The molecule has 1 unspecified atom stereocenters. The Bertz CT molecular complexity index is 1130. The Morgan fingerprint density at radius 2 is 1.24 bits per heavy atom. The van der Waals surface area contributed by atoms with Gasteiger partial charge in [-0.05, 0) is 44.7 Å². The van der Waals surface area contributed by atoms with E-state index in [-0.39, 0.29) is 51.0 Å². The first-order valence-corrected chi connectivity index (χ1v) is 9.22. The molecule has 29 heavy (non-hydrogen) atoms. The predicted octanol–water partition coefficient (Wildman–Crippen LogP) is -1.36. The molecule has 3 aromatic carbocycles. The molecule has 142 valence electrons. The van der Waals surface area contributed by atoms with E-state index in [0.717, 1.165) is 6.42 Å². The van der Waals surface area contributed by atoms with Crippen LogP contribution in [-0.2, 0) is 32.6 Å². The van der Waals surface area contributed by atoms with Crippen LogP contribution >= 0.6 is 0 Å². The molecule has 0 spiro atoms. The van der Waals surface area contributed by atoms with Crippen LogP contribution in [0.5, 0.6) is 0 Å². The summed E-state index contributed by atoms with van der Waals surface area (Å²) >= 11 is 0. The summed E-state index contributed by atoms with van der Waals surface area (Å²) < 4.78 is 0. The molecule has 0 N–H and O–H groups in total. The Balaban J connectivity index is 0.000000187. The van der Waals surface area contributed by atoms with Crippen molar-refractivity contribution in [2.45, 2.75) is 6.42 Å². The maximum Gasteiger partial charge on any atom is 2.00 e. The standard InChI is InChI=1S/2C13H10.2ClH.Zr/c2*1-3-7-12-10(5-1)9-11-6-2-4-8-13(11)12;;;/h1-8H,9H2;1-10H;2*1H;/q;;;;+2/p-2. The summed E-state index contributed by atoms with van der Waals surface area (Å²) in [5.41, 5.74) is 7.20. The molecule has 0 bridgehead atoms. The number of fused-ring (bicyclic) bond motifs is 5. The summed E-state index contributed by atoms with van der Waals surface area (Å²) in [6, 6.07) is 25.9. The zero-order valence-corrected chi connectivity index (χ0v) is 19.8. The minimum Gasteiger partial charge on any atom is -1.00 e. The second-order valence-corrected chi connectivity index (χ2v) is 6.97. The van der Waals surface area contributed by atoms with Crippen molar-refractivity contribution in [3.63, 3.8) is 0 Å². The normalized spacial score (nSPS) is 15.6. The summed E-state index contributed by atoms with van der Waals surface area (Å²) in [5.74, 6) is 0.516. The maximum absolute atomic E-state index is 2.32. The summed E-state index contributed by atoms with van der Waals surface area (Å²) in [5, 5.41) is 2.77. The van der Waals surface area contributed by atoms with Crippen molar-refractivity contribution < 1.29 is 51.0 Å². The number of benzene rings is 3. The van der Waals surface area contributed by atoms with Crippen LogP contribution in [0.25, 0.3) is 22.8 Å². The van der Waals surface area contributed by atoms with Gasteiger partial charge in [-0.1, -0.05) is 103 Å². The second kappa shape index (κ2) is 10.4. The van der Waals surface area contributed by atoms with Gasteiger partial charge in [0.1, 0.15) is 0 Å². The van der Waals surface area contributed by atoms with Crippen molar-refractivity contribution in [1.29, 1.82) is 0 Å². The van der Waals surface area contributed by atoms with Crippen LogP contribution in [0.1, 0.15) is 11.1 Å². The molecule has 0 heterocycles. The Morgan fingerprint density at radius 1 is 0.655 bits per heavy atom. The van der Waals surface area contributed by atoms with E-state index < -0.39 is 0 Å². The zero-order chi connectivity index (χ0) is 17.3. The topological polar surface area (TPSA) is 0 Å². The van der Waals surface area contributed by atoms with Gasteiger partial charge in [-0.3, -0.25) is 0 Å². The van der Waals surface area contributed by atoms with Gasteiger partial charge < -0.3 is 24.8 Å². The van der Waals surface area contributed by atoms with Gasteiger partial charge in [0.05, 0.1) is 0 Å². The SMILES string of the molecule is C1=CC2=c3ccccc3=CC2C=C1.[Cl-].[Cl-].[Zr+2].c1ccc2c(c1)Cc1ccccc1-2. The smallest absolute Gasteiger partial charge is 1.00 e. The number of hydrogen-bond donors (Lipinski definition) is 0. The van der Waals surface area contributed by atoms with E-state index in [0.29, 0.717) is 5.92 Å². The molecule has 3 heteroatoms. The minimum atomic E-state index is 0. The summed E-state index contributed by atoms with van der Waals surface area (Å²) in [6.07, 6.45) is 12.1. The summed E-state index contributed by atoms with van der Waals surface area (Å²) in [6.45, 7) is 0. The van der Waals surface area contributed by atoms with Crippen molar-refractivity contribution in [1.82, 2.24) is 0 Å². The second-order valence-electron chi connectivity index (χ2n) is 6.97. The number of hydrogen-bond acceptors (Lipinski definition) is 0. The first-order chi connectivity index (χ1) is 12.9. The van der Waals surface area contributed by atoms with Crippen LogP contribution in [0.2, 0.25) is 0 Å². The fourth-order valence-corrected chi connectivity index (χ4v) is 4.15. The Hall–Kier alpha value is -1.66. The molecule has 0 radical (unpaired) electrons. The predicted molar refractivity (Wildman–Crippen MR) is 110 cm³/mol. The quantitative estimate of drug-likeness (QED) is 0.283. The van der Waals surface area contributed by atoms with Crippen molar-refractivity contribution in [2.75, 3.05) is 0 Å². The molecule has 3 aliphatic carbocycles. The molecule has 6 rings (SSSR count).